The van der Waals surface area contributed by atoms with Gasteiger partial charge in [0.25, 0.3) is 0 Å². The maximum atomic E-state index is 5.65. The highest BCUT2D eigenvalue weighted by Gasteiger charge is 2.19. The fraction of sp³-hybridized carbons (Fsp3) is 0.462. The zero-order valence-electron chi connectivity index (χ0n) is 9.78. The monoisotopic (exact) mass is 247 g/mol. The molecule has 2 aromatic rings. The van der Waals surface area contributed by atoms with E-state index in [1.807, 2.05) is 11.8 Å². The zero-order chi connectivity index (χ0) is 11.7. The van der Waals surface area contributed by atoms with Gasteiger partial charge in [-0.15, -0.1) is 0 Å². The molecule has 3 rings (SSSR count). The Morgan fingerprint density at radius 2 is 2.35 bits per heavy atom. The zero-order valence-corrected chi connectivity index (χ0v) is 10.6. The van der Waals surface area contributed by atoms with Gasteiger partial charge in [0.15, 0.2) is 0 Å². The van der Waals surface area contributed by atoms with Crippen LogP contribution >= 0.6 is 11.8 Å². The molecule has 1 aromatic heterocycles. The number of imidazole rings is 1. The maximum Gasteiger partial charge on any atom is 0.120 e. The van der Waals surface area contributed by atoms with Gasteiger partial charge in [0, 0.05) is 6.54 Å². The molecule has 1 aliphatic heterocycles. The van der Waals surface area contributed by atoms with E-state index in [1.54, 1.807) is 0 Å². The molecule has 3 N–H and O–H groups in total. The number of aromatic nitrogens is 2. The first-order valence-electron chi connectivity index (χ1n) is 6.17. The topological polar surface area (TPSA) is 54.7 Å². The van der Waals surface area contributed by atoms with E-state index in [9.17, 15) is 0 Å². The summed E-state index contributed by atoms with van der Waals surface area (Å²) in [6.45, 7) is 0.586. The molecule has 1 aliphatic rings. The highest BCUT2D eigenvalue weighted by Crippen LogP contribution is 2.37. The summed E-state index contributed by atoms with van der Waals surface area (Å²) >= 11 is 2.02. The van der Waals surface area contributed by atoms with Gasteiger partial charge in [-0.25, -0.2) is 4.98 Å². The van der Waals surface area contributed by atoms with Gasteiger partial charge >= 0.3 is 0 Å². The lowest BCUT2D eigenvalue weighted by Crippen LogP contribution is -2.03. The van der Waals surface area contributed by atoms with Crippen molar-refractivity contribution in [3.63, 3.8) is 0 Å². The molecule has 0 aliphatic carbocycles. The second-order valence-corrected chi connectivity index (χ2v) is 5.84. The van der Waals surface area contributed by atoms with Crippen molar-refractivity contribution in [3.05, 3.63) is 29.6 Å². The Morgan fingerprint density at radius 1 is 1.41 bits per heavy atom. The summed E-state index contributed by atoms with van der Waals surface area (Å²) in [7, 11) is 0. The van der Waals surface area contributed by atoms with E-state index in [0.717, 1.165) is 22.4 Å². The molecular formula is C13H17N3S. The van der Waals surface area contributed by atoms with E-state index in [-0.39, 0.29) is 0 Å². The van der Waals surface area contributed by atoms with Crippen LogP contribution < -0.4 is 5.73 Å². The number of nitrogens with two attached hydrogens (primary N) is 1. The molecule has 1 unspecified atom stereocenters. The molecule has 4 heteroatoms. The lowest BCUT2D eigenvalue weighted by molar-refractivity contribution is 0.668. The molecule has 3 nitrogen and oxygen atoms in total. The minimum atomic E-state index is 0.553. The summed E-state index contributed by atoms with van der Waals surface area (Å²) in [4.78, 5) is 8.15. The van der Waals surface area contributed by atoms with Gasteiger partial charge in [-0.1, -0.05) is 12.5 Å². The van der Waals surface area contributed by atoms with E-state index in [2.05, 4.69) is 23.2 Å². The third-order valence-corrected chi connectivity index (χ3v) is 4.67. The predicted octanol–water partition coefficient (Wildman–Crippen LogP) is 2.98. The minimum Gasteiger partial charge on any atom is -0.341 e. The first kappa shape index (κ1) is 11.1. The van der Waals surface area contributed by atoms with Crippen LogP contribution in [0.5, 0.6) is 0 Å². The number of fused-ring (bicyclic) bond motifs is 1. The second-order valence-electron chi connectivity index (χ2n) is 4.53. The highest BCUT2D eigenvalue weighted by atomic mass is 32.2. The number of nitrogens with one attached hydrogen (secondary N) is 1. The summed E-state index contributed by atoms with van der Waals surface area (Å²) in [6, 6.07) is 6.23. The Morgan fingerprint density at radius 3 is 3.12 bits per heavy atom. The predicted molar refractivity (Wildman–Crippen MR) is 73.0 cm³/mol. The molecule has 1 fully saturated rings. The van der Waals surface area contributed by atoms with Crippen molar-refractivity contribution in [1.29, 1.82) is 0 Å². The third kappa shape index (κ3) is 2.19. The molecule has 1 aromatic carbocycles. The minimum absolute atomic E-state index is 0.553. The van der Waals surface area contributed by atoms with Crippen molar-refractivity contribution >= 4 is 22.8 Å². The van der Waals surface area contributed by atoms with Crippen LogP contribution in [0.25, 0.3) is 11.0 Å². The Balaban J connectivity index is 1.95. The van der Waals surface area contributed by atoms with Gasteiger partial charge in [0.2, 0.25) is 0 Å². The second kappa shape index (κ2) is 4.70. The number of hydrogen-bond donors (Lipinski definition) is 2. The summed E-state index contributed by atoms with van der Waals surface area (Å²) in [5, 5.41) is 0.553. The summed E-state index contributed by atoms with van der Waals surface area (Å²) in [5.74, 6) is 2.40. The maximum absolute atomic E-state index is 5.65. The van der Waals surface area contributed by atoms with E-state index in [4.69, 9.17) is 10.7 Å². The van der Waals surface area contributed by atoms with Gasteiger partial charge in [0.1, 0.15) is 5.82 Å². The van der Waals surface area contributed by atoms with Gasteiger partial charge in [0.05, 0.1) is 16.3 Å². The first-order valence-corrected chi connectivity index (χ1v) is 7.22. The number of nitrogens with zero attached hydrogens (tertiary/aromatic N) is 1. The number of H-pyrrole nitrogens is 1. The van der Waals surface area contributed by atoms with Crippen molar-refractivity contribution in [2.45, 2.75) is 31.1 Å². The molecule has 1 atom stereocenters. The first-order chi connectivity index (χ1) is 8.36. The van der Waals surface area contributed by atoms with Crippen LogP contribution in [0.2, 0.25) is 0 Å². The van der Waals surface area contributed by atoms with Crippen molar-refractivity contribution in [2.24, 2.45) is 5.73 Å². The number of benzene rings is 1. The molecular weight excluding hydrogens is 230 g/mol. The van der Waals surface area contributed by atoms with Crippen LogP contribution in [-0.4, -0.2) is 15.7 Å². The molecule has 0 bridgehead atoms. The third-order valence-electron chi connectivity index (χ3n) is 3.28. The average molecular weight is 247 g/mol. The van der Waals surface area contributed by atoms with E-state index in [1.165, 1.54) is 25.0 Å². The van der Waals surface area contributed by atoms with Gasteiger partial charge in [-0.3, -0.25) is 0 Å². The van der Waals surface area contributed by atoms with Crippen LogP contribution in [0, 0.1) is 0 Å². The molecule has 0 amide bonds. The summed E-state index contributed by atoms with van der Waals surface area (Å²) < 4.78 is 0. The number of rotatable bonds is 2. The Hall–Kier alpha value is -1.00. The molecule has 90 valence electrons. The fourth-order valence-electron chi connectivity index (χ4n) is 2.31. The highest BCUT2D eigenvalue weighted by molar-refractivity contribution is 7.99. The van der Waals surface area contributed by atoms with Gasteiger partial charge < -0.3 is 10.7 Å². The molecule has 0 radical (unpaired) electrons. The van der Waals surface area contributed by atoms with Crippen molar-refractivity contribution in [3.8, 4) is 0 Å². The summed E-state index contributed by atoms with van der Waals surface area (Å²) in [5.41, 5.74) is 8.99. The van der Waals surface area contributed by atoms with Crippen LogP contribution in [-0.2, 0) is 6.54 Å². The van der Waals surface area contributed by atoms with Gasteiger partial charge in [-0.05, 0) is 36.3 Å². The number of aromatic amines is 1. The van der Waals surface area contributed by atoms with Gasteiger partial charge in [-0.2, -0.15) is 11.8 Å². The molecule has 0 spiro atoms. The lowest BCUT2D eigenvalue weighted by atomic mass is 10.2. The van der Waals surface area contributed by atoms with E-state index >= 15 is 0 Å². The largest absolute Gasteiger partial charge is 0.341 e. The number of hydrogen-bond acceptors (Lipinski definition) is 3. The van der Waals surface area contributed by atoms with Crippen molar-refractivity contribution in [1.82, 2.24) is 9.97 Å². The molecule has 1 saturated heterocycles. The Bertz CT molecular complexity index is 514. The van der Waals surface area contributed by atoms with Crippen molar-refractivity contribution < 1.29 is 0 Å². The summed E-state index contributed by atoms with van der Waals surface area (Å²) in [6.07, 6.45) is 3.91. The van der Waals surface area contributed by atoms with E-state index in [0.29, 0.717) is 11.8 Å². The molecule has 0 saturated carbocycles. The van der Waals surface area contributed by atoms with Crippen molar-refractivity contribution in [2.75, 3.05) is 5.75 Å². The smallest absolute Gasteiger partial charge is 0.120 e. The standard InChI is InChI=1S/C13H17N3S/c14-8-9-4-5-10-11(7-9)16-13(15-10)12-3-1-2-6-17-12/h4-5,7,12H,1-3,6,8,14H2,(H,15,16). The van der Waals surface area contributed by atoms with E-state index < -0.39 is 0 Å². The lowest BCUT2D eigenvalue weighted by Gasteiger charge is -2.18. The molecule has 2 heterocycles. The Labute approximate surface area is 105 Å². The quantitative estimate of drug-likeness (QED) is 0.857. The van der Waals surface area contributed by atoms with Crippen LogP contribution in [0.4, 0.5) is 0 Å². The van der Waals surface area contributed by atoms with Crippen LogP contribution in [0.15, 0.2) is 18.2 Å². The SMILES string of the molecule is NCc1ccc2nc(C3CCCCS3)[nH]c2c1. The normalized spacial score (nSPS) is 20.9. The fourth-order valence-corrected chi connectivity index (χ4v) is 3.57. The average Bonchev–Trinajstić information content (AvgIpc) is 2.82. The number of thioether (sulfide) groups is 1. The Kier molecular flexibility index (Phi) is 3.07. The van der Waals surface area contributed by atoms with Crippen LogP contribution in [0.1, 0.15) is 35.9 Å². The molecule has 17 heavy (non-hydrogen) atoms. The van der Waals surface area contributed by atoms with Crippen LogP contribution in [0.3, 0.4) is 0 Å².